The zero-order valence-electron chi connectivity index (χ0n) is 29.3. The van der Waals surface area contributed by atoms with E-state index in [0.29, 0.717) is 12.1 Å². The van der Waals surface area contributed by atoms with Crippen molar-refractivity contribution in [1.29, 1.82) is 0 Å². The number of nitrogen functional groups attached to an aromatic ring is 1. The van der Waals surface area contributed by atoms with Crippen molar-refractivity contribution in [3.63, 3.8) is 0 Å². The number of nitrogens with two attached hydrogens (primary N) is 1. The number of anilines is 2. The summed E-state index contributed by atoms with van der Waals surface area (Å²) in [6.07, 6.45) is -6.48. The predicted octanol–water partition coefficient (Wildman–Crippen LogP) is 9.15. The van der Waals surface area contributed by atoms with Crippen molar-refractivity contribution < 1.29 is 62.9 Å². The molecule has 22 heteroatoms. The molecule has 6 rings (SSSR count). The van der Waals surface area contributed by atoms with Crippen molar-refractivity contribution >= 4 is 17.7 Å². The predicted molar refractivity (Wildman–Crippen MR) is 181 cm³/mol. The van der Waals surface area contributed by atoms with Gasteiger partial charge in [-0.1, -0.05) is 0 Å². The molecule has 12 nitrogen and oxygen atoms in total. The number of carbonyl (C=O) groups is 1. The summed E-state index contributed by atoms with van der Waals surface area (Å²) in [6, 6.07) is 9.64. The van der Waals surface area contributed by atoms with Crippen LogP contribution in [0.4, 0.5) is 60.3 Å². The maximum Gasteiger partial charge on any atom is 0.573 e. The molecule has 57 heavy (non-hydrogen) atoms. The monoisotopic (exact) mass is 812 g/mol. The van der Waals surface area contributed by atoms with Crippen molar-refractivity contribution in [2.45, 2.75) is 39.1 Å². The molecule has 0 unspecified atom stereocenters. The summed E-state index contributed by atoms with van der Waals surface area (Å²) < 4.78 is 145. The summed E-state index contributed by atoms with van der Waals surface area (Å²) in [5.74, 6) is -4.98. The molecule has 0 saturated carbocycles. The number of hydrogen-bond donors (Lipinski definition) is 2. The van der Waals surface area contributed by atoms with Gasteiger partial charge in [0, 0.05) is 47.5 Å². The highest BCUT2D eigenvalue weighted by atomic mass is 19.4. The summed E-state index contributed by atoms with van der Waals surface area (Å²) in [7, 11) is 0. The van der Waals surface area contributed by atoms with Crippen molar-refractivity contribution in [2.75, 3.05) is 11.1 Å². The van der Waals surface area contributed by atoms with Crippen molar-refractivity contribution in [2.24, 2.45) is 0 Å². The Morgan fingerprint density at radius 3 is 1.51 bits per heavy atom. The lowest BCUT2D eigenvalue weighted by Gasteiger charge is -2.19. The first-order valence-electron chi connectivity index (χ1n) is 15.8. The minimum absolute atomic E-state index is 0.00168. The fourth-order valence-corrected chi connectivity index (χ4v) is 4.89. The van der Waals surface area contributed by atoms with Crippen LogP contribution >= 0.6 is 0 Å². The number of hydrogen-bond acceptors (Lipinski definition) is 9. The molecule has 300 valence electrons. The van der Waals surface area contributed by atoms with Crippen molar-refractivity contribution in [3.05, 3.63) is 109 Å². The highest BCUT2D eigenvalue weighted by Crippen LogP contribution is 2.34. The Morgan fingerprint density at radius 1 is 0.614 bits per heavy atom. The Kier molecular flexibility index (Phi) is 11.6. The van der Waals surface area contributed by atoms with Crippen LogP contribution in [0, 0.1) is 23.3 Å². The number of alkyl halides is 6. The van der Waals surface area contributed by atoms with Gasteiger partial charge in [0.15, 0.2) is 5.82 Å². The van der Waals surface area contributed by atoms with Crippen LogP contribution in [0.1, 0.15) is 20.8 Å². The van der Waals surface area contributed by atoms with Gasteiger partial charge in [-0.25, -0.2) is 31.7 Å². The zero-order chi connectivity index (χ0) is 41.9. The quantitative estimate of drug-likeness (QED) is 0.151. The molecule has 2 aromatic carbocycles. The van der Waals surface area contributed by atoms with E-state index in [-0.39, 0.29) is 45.5 Å². The van der Waals surface area contributed by atoms with E-state index in [1.807, 2.05) is 0 Å². The molecule has 0 atom stereocenters. The van der Waals surface area contributed by atoms with Crippen molar-refractivity contribution in [3.8, 4) is 45.4 Å². The number of rotatable bonds is 7. The van der Waals surface area contributed by atoms with E-state index in [2.05, 4.69) is 35.0 Å². The number of halogens is 10. The first-order chi connectivity index (χ1) is 26.5. The summed E-state index contributed by atoms with van der Waals surface area (Å²) in [6.45, 7) is 4.93. The molecule has 0 aliphatic carbocycles. The number of pyridine rings is 2. The van der Waals surface area contributed by atoms with E-state index >= 15 is 0 Å². The van der Waals surface area contributed by atoms with E-state index in [1.165, 1.54) is 24.5 Å². The second-order valence-corrected chi connectivity index (χ2v) is 12.5. The van der Waals surface area contributed by atoms with E-state index in [0.717, 1.165) is 58.2 Å². The third-order valence-electron chi connectivity index (χ3n) is 6.74. The number of amides is 1. The second kappa shape index (κ2) is 16.1. The summed E-state index contributed by atoms with van der Waals surface area (Å²) in [5, 5.41) is 10.4. The van der Waals surface area contributed by atoms with Gasteiger partial charge in [-0.15, -0.1) is 31.4 Å². The minimum Gasteiger partial charge on any atom is -0.444 e. The number of ether oxygens (including phenoxy) is 3. The summed E-state index contributed by atoms with van der Waals surface area (Å²) >= 11 is 0. The molecule has 0 radical (unpaired) electrons. The summed E-state index contributed by atoms with van der Waals surface area (Å²) in [4.78, 5) is 19.4. The van der Waals surface area contributed by atoms with Gasteiger partial charge in [-0.05, 0) is 45.0 Å². The highest BCUT2D eigenvalue weighted by molar-refractivity contribution is 5.85. The number of benzene rings is 2. The molecule has 4 heterocycles. The van der Waals surface area contributed by atoms with Crippen LogP contribution in [-0.4, -0.2) is 53.9 Å². The molecule has 0 bridgehead atoms. The molecule has 0 fully saturated rings. The Bertz CT molecular complexity index is 2390. The van der Waals surface area contributed by atoms with Gasteiger partial charge in [0.05, 0.1) is 47.6 Å². The molecule has 0 spiro atoms. The molecule has 3 N–H and O–H groups in total. The van der Waals surface area contributed by atoms with Crippen LogP contribution in [0.15, 0.2) is 85.5 Å². The Balaban J connectivity index is 0.000000224. The van der Waals surface area contributed by atoms with Gasteiger partial charge in [0.1, 0.15) is 46.2 Å². The molecule has 0 aliphatic rings. The average molecular weight is 813 g/mol. The van der Waals surface area contributed by atoms with Crippen LogP contribution in [0.2, 0.25) is 0 Å². The van der Waals surface area contributed by atoms with Gasteiger partial charge >= 0.3 is 18.8 Å². The topological polar surface area (TPSA) is 144 Å². The standard InChI is InChI=1S/C20H17F5N4O3.C15H9F5N4O/c1-19(2,3)32-18(30)27-17-8-16(29(28-17)14-6-13(22)9-26-10-14)11-4-12(21)7-15(5-11)31-20(23,24)25;16-9-1-8(2-12(4-9)25-15(18,19)20)13-5-14(21)23-24(13)11-3-10(17)6-22-7-11/h4-10H,1-3H3,(H,27,28,30);1-7H,(H2,21,23). The lowest BCUT2D eigenvalue weighted by Crippen LogP contribution is -2.27. The first-order valence-corrected chi connectivity index (χ1v) is 15.8. The highest BCUT2D eigenvalue weighted by Gasteiger charge is 2.32. The maximum absolute atomic E-state index is 14.1. The zero-order valence-corrected chi connectivity index (χ0v) is 29.3. The third-order valence-corrected chi connectivity index (χ3v) is 6.74. The molecule has 1 amide bonds. The minimum atomic E-state index is -5.04. The van der Waals surface area contributed by atoms with Crippen LogP contribution in [-0.2, 0) is 4.74 Å². The summed E-state index contributed by atoms with van der Waals surface area (Å²) in [5.41, 5.74) is 5.12. The van der Waals surface area contributed by atoms with Gasteiger partial charge < -0.3 is 19.9 Å². The van der Waals surface area contributed by atoms with E-state index in [1.54, 1.807) is 20.8 Å². The fourth-order valence-electron chi connectivity index (χ4n) is 4.89. The van der Waals surface area contributed by atoms with E-state index < -0.39 is 59.2 Å². The largest absolute Gasteiger partial charge is 0.573 e. The van der Waals surface area contributed by atoms with Crippen molar-refractivity contribution in [1.82, 2.24) is 29.5 Å². The average Bonchev–Trinajstić information content (AvgIpc) is 3.66. The van der Waals surface area contributed by atoms with E-state index in [9.17, 15) is 48.7 Å². The SMILES string of the molecule is CC(C)(C)OC(=O)Nc1cc(-c2cc(F)cc(OC(F)(F)F)c2)n(-c2cncc(F)c2)n1.Nc1cc(-c2cc(F)cc(OC(F)(F)F)c2)n(-c2cncc(F)c2)n1. The van der Waals surface area contributed by atoms with Gasteiger partial charge in [-0.3, -0.25) is 15.3 Å². The molecule has 4 aromatic heterocycles. The number of nitrogens with one attached hydrogen (secondary N) is 1. The molecule has 0 saturated heterocycles. The molecule has 0 aliphatic heterocycles. The van der Waals surface area contributed by atoms with Crippen LogP contribution in [0.3, 0.4) is 0 Å². The van der Waals surface area contributed by atoms with Gasteiger partial charge in [0.25, 0.3) is 0 Å². The smallest absolute Gasteiger partial charge is 0.444 e. The van der Waals surface area contributed by atoms with E-state index in [4.69, 9.17) is 10.5 Å². The number of nitrogens with zero attached hydrogens (tertiary/aromatic N) is 6. The van der Waals surface area contributed by atoms with Crippen LogP contribution < -0.4 is 20.5 Å². The number of carbonyl (C=O) groups excluding carboxylic acids is 1. The van der Waals surface area contributed by atoms with Gasteiger partial charge in [-0.2, -0.15) is 5.10 Å². The molecular weight excluding hydrogens is 786 g/mol. The first kappa shape index (κ1) is 41.3. The maximum atomic E-state index is 14.1. The fraction of sp³-hybridized carbons (Fsp3) is 0.171. The third kappa shape index (κ3) is 11.8. The lowest BCUT2D eigenvalue weighted by atomic mass is 10.1. The Labute approximate surface area is 314 Å². The van der Waals surface area contributed by atoms with Crippen LogP contribution in [0.5, 0.6) is 11.5 Å². The van der Waals surface area contributed by atoms with Gasteiger partial charge in [0.2, 0.25) is 0 Å². The molecule has 6 aromatic rings. The molecular formula is C35H26F10N8O4. The lowest BCUT2D eigenvalue weighted by molar-refractivity contribution is -0.275. The normalized spacial score (nSPS) is 11.7. The Hall–Kier alpha value is -6.87. The number of aromatic nitrogens is 6. The Morgan fingerprint density at radius 2 is 1.07 bits per heavy atom. The van der Waals surface area contributed by atoms with Crippen LogP contribution in [0.25, 0.3) is 33.9 Å². The second-order valence-electron chi connectivity index (χ2n) is 12.5.